The largest absolute Gasteiger partial charge is 0.352 e. The van der Waals surface area contributed by atoms with E-state index in [0.717, 1.165) is 41.2 Å². The number of rotatable bonds is 5. The standard InChI is InChI=1S/C21H26ClN7O/c1-3-9-23-21(30)28-12-10-27(11-13-28)19-15-14-24-29(17-8-6-5-7-16(17)22)20(15)26-18(4-2)25-19/h5-8,14H,3-4,9-13H2,1-2H3,(H,23,30). The Balaban J connectivity index is 1.64. The highest BCUT2D eigenvalue weighted by atomic mass is 35.5. The van der Waals surface area contributed by atoms with Crippen LogP contribution in [0.15, 0.2) is 30.5 Å². The van der Waals surface area contributed by atoms with E-state index in [1.54, 1.807) is 10.9 Å². The molecule has 1 N–H and O–H groups in total. The molecule has 30 heavy (non-hydrogen) atoms. The van der Waals surface area contributed by atoms with Crippen molar-refractivity contribution >= 4 is 34.5 Å². The van der Waals surface area contributed by atoms with Gasteiger partial charge in [0.15, 0.2) is 5.65 Å². The number of benzene rings is 1. The molecular weight excluding hydrogens is 402 g/mol. The van der Waals surface area contributed by atoms with Crippen LogP contribution in [0.2, 0.25) is 5.02 Å². The quantitative estimate of drug-likeness (QED) is 0.676. The summed E-state index contributed by atoms with van der Waals surface area (Å²) >= 11 is 6.40. The van der Waals surface area contributed by atoms with Crippen molar-refractivity contribution in [3.05, 3.63) is 41.3 Å². The van der Waals surface area contributed by atoms with Gasteiger partial charge in [0.25, 0.3) is 0 Å². The van der Waals surface area contributed by atoms with Crippen LogP contribution in [-0.2, 0) is 6.42 Å². The number of hydrogen-bond acceptors (Lipinski definition) is 5. The molecule has 1 saturated heterocycles. The number of carbonyl (C=O) groups is 1. The van der Waals surface area contributed by atoms with Gasteiger partial charge in [0.1, 0.15) is 11.6 Å². The maximum atomic E-state index is 12.2. The lowest BCUT2D eigenvalue weighted by atomic mass is 10.2. The summed E-state index contributed by atoms with van der Waals surface area (Å²) in [4.78, 5) is 25.9. The summed E-state index contributed by atoms with van der Waals surface area (Å²) in [5.74, 6) is 1.62. The predicted molar refractivity (Wildman–Crippen MR) is 119 cm³/mol. The molecule has 4 rings (SSSR count). The highest BCUT2D eigenvalue weighted by Crippen LogP contribution is 2.29. The van der Waals surface area contributed by atoms with Gasteiger partial charge in [0, 0.05) is 39.1 Å². The molecule has 0 bridgehead atoms. The van der Waals surface area contributed by atoms with E-state index in [0.29, 0.717) is 37.7 Å². The third kappa shape index (κ3) is 3.92. The fraction of sp³-hybridized carbons (Fsp3) is 0.429. The van der Waals surface area contributed by atoms with E-state index in [2.05, 4.69) is 15.3 Å². The van der Waals surface area contributed by atoms with Crippen LogP contribution in [-0.4, -0.2) is 63.4 Å². The molecule has 0 unspecified atom stereocenters. The fourth-order valence-electron chi connectivity index (χ4n) is 3.60. The molecule has 158 valence electrons. The Morgan fingerprint density at radius 3 is 2.60 bits per heavy atom. The van der Waals surface area contributed by atoms with Gasteiger partial charge in [-0.3, -0.25) is 0 Å². The molecule has 0 saturated carbocycles. The van der Waals surface area contributed by atoms with Gasteiger partial charge in [0.2, 0.25) is 0 Å². The maximum Gasteiger partial charge on any atom is 0.317 e. The van der Waals surface area contributed by atoms with Crippen LogP contribution >= 0.6 is 11.6 Å². The number of fused-ring (bicyclic) bond motifs is 1. The number of nitrogens with one attached hydrogen (secondary N) is 1. The minimum atomic E-state index is 0.00474. The van der Waals surface area contributed by atoms with Crippen molar-refractivity contribution in [1.82, 2.24) is 30.0 Å². The van der Waals surface area contributed by atoms with Crippen molar-refractivity contribution in [1.29, 1.82) is 0 Å². The topological polar surface area (TPSA) is 79.2 Å². The summed E-state index contributed by atoms with van der Waals surface area (Å²) in [7, 11) is 0. The second kappa shape index (κ2) is 8.87. The fourth-order valence-corrected chi connectivity index (χ4v) is 3.82. The SMILES string of the molecule is CCCNC(=O)N1CCN(c2nc(CC)nc3c2cnn3-c2ccccc2Cl)CC1. The van der Waals surface area contributed by atoms with Gasteiger partial charge in [-0.1, -0.05) is 37.6 Å². The van der Waals surface area contributed by atoms with Crippen LogP contribution in [0.3, 0.4) is 0 Å². The van der Waals surface area contributed by atoms with Crippen LogP contribution in [0.1, 0.15) is 26.1 Å². The molecule has 0 spiro atoms. The number of aromatic nitrogens is 4. The molecule has 8 nitrogen and oxygen atoms in total. The minimum absolute atomic E-state index is 0.00474. The molecule has 3 aromatic rings. The van der Waals surface area contributed by atoms with Crippen LogP contribution in [0.4, 0.5) is 10.6 Å². The van der Waals surface area contributed by atoms with Gasteiger partial charge in [-0.25, -0.2) is 19.4 Å². The summed E-state index contributed by atoms with van der Waals surface area (Å²) in [6.07, 6.45) is 3.45. The Kier molecular flexibility index (Phi) is 6.03. The van der Waals surface area contributed by atoms with Crippen molar-refractivity contribution in [2.45, 2.75) is 26.7 Å². The Labute approximate surface area is 180 Å². The second-order valence-corrected chi connectivity index (χ2v) is 7.68. The molecule has 2 aromatic heterocycles. The zero-order valence-electron chi connectivity index (χ0n) is 17.3. The number of piperazine rings is 1. The first kappa shape index (κ1) is 20.4. The van der Waals surface area contributed by atoms with Crippen LogP contribution in [0.5, 0.6) is 0 Å². The highest BCUT2D eigenvalue weighted by Gasteiger charge is 2.25. The van der Waals surface area contributed by atoms with Gasteiger partial charge in [-0.2, -0.15) is 5.10 Å². The smallest absolute Gasteiger partial charge is 0.317 e. The third-order valence-electron chi connectivity index (χ3n) is 5.24. The average Bonchev–Trinajstić information content (AvgIpc) is 3.21. The summed E-state index contributed by atoms with van der Waals surface area (Å²) in [5.41, 5.74) is 1.53. The normalized spacial score (nSPS) is 14.4. The first-order valence-corrected chi connectivity index (χ1v) is 10.8. The average molecular weight is 428 g/mol. The molecule has 0 atom stereocenters. The van der Waals surface area contributed by atoms with E-state index in [-0.39, 0.29) is 6.03 Å². The molecule has 1 aliphatic heterocycles. The summed E-state index contributed by atoms with van der Waals surface area (Å²) in [6.45, 7) is 7.52. The summed E-state index contributed by atoms with van der Waals surface area (Å²) in [5, 5.41) is 9.01. The summed E-state index contributed by atoms with van der Waals surface area (Å²) in [6, 6.07) is 7.60. The van der Waals surface area contributed by atoms with E-state index < -0.39 is 0 Å². The number of para-hydroxylation sites is 1. The molecule has 2 amide bonds. The van der Waals surface area contributed by atoms with Crippen LogP contribution < -0.4 is 10.2 Å². The van der Waals surface area contributed by atoms with Crippen molar-refractivity contribution in [2.24, 2.45) is 0 Å². The van der Waals surface area contributed by atoms with E-state index in [1.165, 1.54) is 0 Å². The van der Waals surface area contributed by atoms with Crippen molar-refractivity contribution in [3.8, 4) is 5.69 Å². The second-order valence-electron chi connectivity index (χ2n) is 7.27. The molecule has 1 fully saturated rings. The minimum Gasteiger partial charge on any atom is -0.352 e. The van der Waals surface area contributed by atoms with Crippen LogP contribution in [0.25, 0.3) is 16.7 Å². The van der Waals surface area contributed by atoms with Gasteiger partial charge < -0.3 is 15.1 Å². The number of urea groups is 1. The number of amides is 2. The molecule has 9 heteroatoms. The lowest BCUT2D eigenvalue weighted by Gasteiger charge is -2.35. The van der Waals surface area contributed by atoms with Crippen molar-refractivity contribution < 1.29 is 4.79 Å². The molecule has 0 radical (unpaired) electrons. The Morgan fingerprint density at radius 1 is 1.13 bits per heavy atom. The van der Waals surface area contributed by atoms with Gasteiger partial charge in [-0.15, -0.1) is 0 Å². The lowest BCUT2D eigenvalue weighted by Crippen LogP contribution is -2.52. The van der Waals surface area contributed by atoms with Gasteiger partial charge >= 0.3 is 6.03 Å². The molecule has 1 aliphatic rings. The maximum absolute atomic E-state index is 12.2. The molecular formula is C21H26ClN7O. The zero-order valence-corrected chi connectivity index (χ0v) is 18.1. The van der Waals surface area contributed by atoms with Crippen molar-refractivity contribution in [3.63, 3.8) is 0 Å². The first-order valence-electron chi connectivity index (χ1n) is 10.4. The highest BCUT2D eigenvalue weighted by molar-refractivity contribution is 6.32. The Morgan fingerprint density at radius 2 is 1.90 bits per heavy atom. The summed E-state index contributed by atoms with van der Waals surface area (Å²) < 4.78 is 1.77. The lowest BCUT2D eigenvalue weighted by molar-refractivity contribution is 0.194. The number of carbonyl (C=O) groups excluding carboxylic acids is 1. The Bertz CT molecular complexity index is 1040. The van der Waals surface area contributed by atoms with E-state index in [1.807, 2.05) is 43.0 Å². The van der Waals surface area contributed by atoms with E-state index in [4.69, 9.17) is 21.6 Å². The first-order chi connectivity index (χ1) is 14.6. The molecule has 1 aromatic carbocycles. The van der Waals surface area contributed by atoms with E-state index in [9.17, 15) is 4.79 Å². The van der Waals surface area contributed by atoms with Crippen LogP contribution in [0, 0.1) is 0 Å². The van der Waals surface area contributed by atoms with Gasteiger partial charge in [0.05, 0.1) is 22.3 Å². The van der Waals surface area contributed by atoms with Gasteiger partial charge in [-0.05, 0) is 18.6 Å². The number of aryl methyl sites for hydroxylation is 1. The van der Waals surface area contributed by atoms with Crippen molar-refractivity contribution in [2.75, 3.05) is 37.6 Å². The number of hydrogen-bond donors (Lipinski definition) is 1. The predicted octanol–water partition coefficient (Wildman–Crippen LogP) is 3.27. The molecule has 3 heterocycles. The Hall–Kier alpha value is -2.87. The number of anilines is 1. The third-order valence-corrected chi connectivity index (χ3v) is 5.56. The molecule has 0 aliphatic carbocycles. The number of nitrogens with zero attached hydrogens (tertiary/aromatic N) is 6. The van der Waals surface area contributed by atoms with E-state index >= 15 is 0 Å². The monoisotopic (exact) mass is 427 g/mol. The number of halogens is 1. The zero-order chi connectivity index (χ0) is 21.1.